The Morgan fingerprint density at radius 3 is 2.67 bits per heavy atom. The molecule has 1 rings (SSSR count). The number of hydrogen-bond acceptors (Lipinski definition) is 2. The van der Waals surface area contributed by atoms with Crippen LogP contribution in [0.2, 0.25) is 0 Å². The van der Waals surface area contributed by atoms with Crippen molar-refractivity contribution in [2.45, 2.75) is 13.8 Å². The van der Waals surface area contributed by atoms with Crippen molar-refractivity contribution < 1.29 is 4.79 Å². The number of allylic oxidation sites excluding steroid dienone is 1. The molecular weight excluding hydrogens is 114 g/mol. The Kier molecular flexibility index (Phi) is 1.47. The van der Waals surface area contributed by atoms with E-state index in [9.17, 15) is 4.79 Å². The summed E-state index contributed by atoms with van der Waals surface area (Å²) in [6, 6.07) is 0. The van der Waals surface area contributed by atoms with Crippen LogP contribution in [0.3, 0.4) is 0 Å². The Morgan fingerprint density at radius 1 is 1.56 bits per heavy atom. The number of Topliss-reactive ketones (excluding diaryl/α,β-unsaturated/α-hetero) is 1. The Labute approximate surface area is 54.3 Å². The number of aliphatic imine (C=N–C) groups is 1. The summed E-state index contributed by atoms with van der Waals surface area (Å²) in [7, 11) is 0. The van der Waals surface area contributed by atoms with Crippen LogP contribution in [0.1, 0.15) is 13.8 Å². The summed E-state index contributed by atoms with van der Waals surface area (Å²) in [6.07, 6.45) is 2.85. The first-order valence-electron chi connectivity index (χ1n) is 2.85. The number of hydrogen-bond donors (Lipinski definition) is 0. The minimum absolute atomic E-state index is 0.0839. The molecule has 1 aliphatic rings. The van der Waals surface area contributed by atoms with Crippen LogP contribution >= 0.6 is 0 Å². The minimum atomic E-state index is 0.0839. The minimum Gasteiger partial charge on any atom is -0.292 e. The molecule has 0 aliphatic carbocycles. The highest BCUT2D eigenvalue weighted by Gasteiger charge is 2.07. The van der Waals surface area contributed by atoms with Crippen molar-refractivity contribution in [1.29, 1.82) is 0 Å². The van der Waals surface area contributed by atoms with Crippen LogP contribution in [0.15, 0.2) is 10.6 Å². The fourth-order valence-electron chi connectivity index (χ4n) is 0.690. The molecule has 0 saturated heterocycles. The second-order valence-electron chi connectivity index (χ2n) is 2.07. The standard InChI is InChI=1S/C7H8NO/c1-5-3-6(2)8-4-7(5)9/h4H2,1-2H3. The van der Waals surface area contributed by atoms with Gasteiger partial charge in [0.15, 0.2) is 5.78 Å². The third-order valence-electron chi connectivity index (χ3n) is 1.25. The van der Waals surface area contributed by atoms with E-state index in [0.29, 0.717) is 12.1 Å². The van der Waals surface area contributed by atoms with Gasteiger partial charge >= 0.3 is 0 Å². The van der Waals surface area contributed by atoms with Crippen LogP contribution in [0.25, 0.3) is 0 Å². The SMILES string of the molecule is CC1=[C]C(C)=NCC1=O. The van der Waals surface area contributed by atoms with Crippen molar-refractivity contribution in [3.05, 3.63) is 11.6 Å². The monoisotopic (exact) mass is 122 g/mol. The largest absolute Gasteiger partial charge is 0.292 e. The molecule has 1 radical (unpaired) electrons. The van der Waals surface area contributed by atoms with Crippen LogP contribution in [-0.4, -0.2) is 18.0 Å². The van der Waals surface area contributed by atoms with Crippen molar-refractivity contribution in [1.82, 2.24) is 0 Å². The van der Waals surface area contributed by atoms with Crippen molar-refractivity contribution in [3.8, 4) is 0 Å². The lowest BCUT2D eigenvalue weighted by Crippen LogP contribution is -2.11. The summed E-state index contributed by atoms with van der Waals surface area (Å²) >= 11 is 0. The molecule has 0 aromatic rings. The summed E-state index contributed by atoms with van der Waals surface area (Å²) in [5, 5.41) is 0. The number of rotatable bonds is 0. The van der Waals surface area contributed by atoms with E-state index in [1.807, 2.05) is 6.92 Å². The van der Waals surface area contributed by atoms with E-state index in [0.717, 1.165) is 5.71 Å². The molecule has 47 valence electrons. The average molecular weight is 122 g/mol. The van der Waals surface area contributed by atoms with E-state index in [1.54, 1.807) is 6.92 Å². The van der Waals surface area contributed by atoms with E-state index in [-0.39, 0.29) is 5.78 Å². The van der Waals surface area contributed by atoms with Gasteiger partial charge in [0.05, 0.1) is 0 Å². The normalized spacial score (nSPS) is 19.1. The molecule has 0 amide bonds. The average Bonchev–Trinajstić information content (AvgIpc) is 1.80. The molecule has 2 nitrogen and oxygen atoms in total. The maximum Gasteiger partial charge on any atom is 0.180 e. The van der Waals surface area contributed by atoms with Crippen molar-refractivity contribution in [3.63, 3.8) is 0 Å². The first-order chi connectivity index (χ1) is 4.20. The molecule has 1 heterocycles. The quantitative estimate of drug-likeness (QED) is 0.467. The van der Waals surface area contributed by atoms with Crippen molar-refractivity contribution >= 4 is 11.5 Å². The molecule has 1 aliphatic heterocycles. The van der Waals surface area contributed by atoms with Crippen LogP contribution < -0.4 is 0 Å². The van der Waals surface area contributed by atoms with Gasteiger partial charge in [0.1, 0.15) is 6.54 Å². The summed E-state index contributed by atoms with van der Waals surface area (Å²) in [5.74, 6) is 0.0839. The lowest BCUT2D eigenvalue weighted by atomic mass is 10.1. The molecule has 0 unspecified atom stereocenters. The van der Waals surface area contributed by atoms with E-state index >= 15 is 0 Å². The summed E-state index contributed by atoms with van der Waals surface area (Å²) in [4.78, 5) is 14.6. The first-order valence-corrected chi connectivity index (χ1v) is 2.85. The highest BCUT2D eigenvalue weighted by atomic mass is 16.1. The van der Waals surface area contributed by atoms with Crippen LogP contribution in [-0.2, 0) is 4.79 Å². The maximum absolute atomic E-state index is 10.7. The Hall–Kier alpha value is -0.920. The second kappa shape index (κ2) is 2.13. The van der Waals surface area contributed by atoms with Gasteiger partial charge in [-0.1, -0.05) is 0 Å². The molecule has 9 heavy (non-hydrogen) atoms. The van der Waals surface area contributed by atoms with E-state index < -0.39 is 0 Å². The molecule has 0 saturated carbocycles. The molecule has 0 fully saturated rings. The zero-order chi connectivity index (χ0) is 6.85. The molecule has 0 spiro atoms. The van der Waals surface area contributed by atoms with E-state index in [4.69, 9.17) is 0 Å². The predicted molar refractivity (Wildman–Crippen MR) is 35.4 cm³/mol. The fourth-order valence-corrected chi connectivity index (χ4v) is 0.690. The highest BCUT2D eigenvalue weighted by molar-refractivity contribution is 6.06. The van der Waals surface area contributed by atoms with Gasteiger partial charge in [0.25, 0.3) is 0 Å². The predicted octanol–water partition coefficient (Wildman–Crippen LogP) is 0.779. The smallest absolute Gasteiger partial charge is 0.180 e. The molecular formula is C7H8NO. The van der Waals surface area contributed by atoms with E-state index in [1.165, 1.54) is 0 Å². The summed E-state index contributed by atoms with van der Waals surface area (Å²) < 4.78 is 0. The van der Waals surface area contributed by atoms with Crippen LogP contribution in [0, 0.1) is 6.08 Å². The third kappa shape index (κ3) is 1.25. The Bertz CT molecular complexity index is 201. The first kappa shape index (κ1) is 6.20. The zero-order valence-electron chi connectivity index (χ0n) is 5.56. The molecule has 0 aromatic heterocycles. The zero-order valence-corrected chi connectivity index (χ0v) is 5.56. The van der Waals surface area contributed by atoms with Gasteiger partial charge in [-0.2, -0.15) is 0 Å². The maximum atomic E-state index is 10.7. The second-order valence-corrected chi connectivity index (χ2v) is 2.07. The summed E-state index contributed by atoms with van der Waals surface area (Å²) in [5.41, 5.74) is 1.52. The van der Waals surface area contributed by atoms with Crippen LogP contribution in [0.4, 0.5) is 0 Å². The number of dihydropyridines is 1. The van der Waals surface area contributed by atoms with Gasteiger partial charge in [-0.05, 0) is 13.8 Å². The molecule has 0 aromatic carbocycles. The lowest BCUT2D eigenvalue weighted by molar-refractivity contribution is -0.114. The molecule has 0 bridgehead atoms. The van der Waals surface area contributed by atoms with Gasteiger partial charge in [-0.25, -0.2) is 0 Å². The van der Waals surface area contributed by atoms with Gasteiger partial charge < -0.3 is 0 Å². The third-order valence-corrected chi connectivity index (χ3v) is 1.25. The van der Waals surface area contributed by atoms with Crippen molar-refractivity contribution in [2.24, 2.45) is 4.99 Å². The lowest BCUT2D eigenvalue weighted by Gasteiger charge is -2.02. The molecule has 0 atom stereocenters. The van der Waals surface area contributed by atoms with Crippen LogP contribution in [0.5, 0.6) is 0 Å². The van der Waals surface area contributed by atoms with Gasteiger partial charge in [0.2, 0.25) is 0 Å². The summed E-state index contributed by atoms with van der Waals surface area (Å²) in [6.45, 7) is 3.92. The molecule has 2 heteroatoms. The topological polar surface area (TPSA) is 29.4 Å². The number of carbonyl (C=O) groups excluding carboxylic acids is 1. The van der Waals surface area contributed by atoms with E-state index in [2.05, 4.69) is 11.1 Å². The van der Waals surface area contributed by atoms with Gasteiger partial charge in [0, 0.05) is 17.4 Å². The molecule has 0 N–H and O–H groups in total. The highest BCUT2D eigenvalue weighted by Crippen LogP contribution is 2.00. The van der Waals surface area contributed by atoms with Gasteiger partial charge in [-0.3, -0.25) is 9.79 Å². The Balaban J connectivity index is 2.87. The number of ketones is 1. The van der Waals surface area contributed by atoms with Crippen molar-refractivity contribution in [2.75, 3.05) is 6.54 Å². The number of carbonyl (C=O) groups is 1. The Morgan fingerprint density at radius 2 is 2.22 bits per heavy atom. The number of nitrogens with zero attached hydrogens (tertiary/aromatic N) is 1. The fraction of sp³-hybridized carbons (Fsp3) is 0.429. The van der Waals surface area contributed by atoms with Gasteiger partial charge in [-0.15, -0.1) is 0 Å².